The molecule has 4 aromatic rings. The number of fused-ring (bicyclic) bond motifs is 1. The minimum Gasteiger partial charge on any atom is -0.492 e. The summed E-state index contributed by atoms with van der Waals surface area (Å²) in [5.74, 6) is -5.34. The second-order valence-electron chi connectivity index (χ2n) is 25.4. The smallest absolute Gasteiger partial charge is 0.410 e. The molecule has 492 valence electrons. The molecule has 3 fully saturated rings. The average molecular weight is 1270 g/mol. The predicted octanol–water partition coefficient (Wildman–Crippen LogP) is 5.11. The van der Waals surface area contributed by atoms with Crippen molar-refractivity contribution in [2.24, 2.45) is 10.8 Å². The van der Waals surface area contributed by atoms with Gasteiger partial charge < -0.3 is 64.7 Å². The minimum absolute atomic E-state index is 0.00802. The summed E-state index contributed by atoms with van der Waals surface area (Å²) in [6.07, 6.45) is -1.46. The van der Waals surface area contributed by atoms with Gasteiger partial charge in [0, 0.05) is 46.3 Å². The number of hydrogen-bond donors (Lipinski definition) is 4. The summed E-state index contributed by atoms with van der Waals surface area (Å²) in [6.45, 7) is 13.7. The van der Waals surface area contributed by atoms with Gasteiger partial charge in [-0.2, -0.15) is 0 Å². The number of nitrogens with one attached hydrogen (secondary N) is 4. The van der Waals surface area contributed by atoms with Gasteiger partial charge in [0.05, 0.1) is 50.3 Å². The zero-order chi connectivity index (χ0) is 66.3. The largest absolute Gasteiger partial charge is 0.492 e. The van der Waals surface area contributed by atoms with E-state index in [0.717, 1.165) is 16.0 Å². The summed E-state index contributed by atoms with van der Waals surface area (Å²) in [5, 5.41) is 10.9. The summed E-state index contributed by atoms with van der Waals surface area (Å²) in [7, 11) is 3.04. The van der Waals surface area contributed by atoms with Crippen LogP contribution in [0.25, 0.3) is 0 Å². The molecule has 3 aliphatic rings. The molecule has 9 amide bonds. The van der Waals surface area contributed by atoms with Crippen molar-refractivity contribution in [3.63, 3.8) is 0 Å². The highest BCUT2D eigenvalue weighted by atomic mass is 19.1. The van der Waals surface area contributed by atoms with E-state index in [-0.39, 0.29) is 71.4 Å². The van der Waals surface area contributed by atoms with Crippen molar-refractivity contribution in [3.8, 4) is 11.5 Å². The molecule has 3 aliphatic heterocycles. The Morgan fingerprint density at radius 1 is 0.626 bits per heavy atom. The summed E-state index contributed by atoms with van der Waals surface area (Å²) in [6, 6.07) is 23.7. The van der Waals surface area contributed by atoms with E-state index in [1.165, 1.54) is 82.1 Å². The van der Waals surface area contributed by atoms with Crippen molar-refractivity contribution in [1.82, 2.24) is 50.7 Å². The topological polar surface area (TPSA) is 258 Å². The third-order valence-corrected chi connectivity index (χ3v) is 16.7. The number of benzene rings is 4. The lowest BCUT2D eigenvalue weighted by atomic mass is 9.85. The number of likely N-dealkylation sites (N-methyl/N-ethyl adjacent to an activating group) is 2. The first-order valence-electron chi connectivity index (χ1n) is 30.6. The summed E-state index contributed by atoms with van der Waals surface area (Å²) in [5.41, 5.74) is 0.130. The maximum atomic E-state index is 14.9. The quantitative estimate of drug-likeness (QED) is 0.0665. The van der Waals surface area contributed by atoms with Gasteiger partial charge in [0.25, 0.3) is 0 Å². The van der Waals surface area contributed by atoms with E-state index in [2.05, 4.69) is 21.3 Å². The number of amides is 9. The van der Waals surface area contributed by atoms with Crippen LogP contribution in [0.5, 0.6) is 11.5 Å². The van der Waals surface area contributed by atoms with Crippen LogP contribution in [-0.2, 0) is 56.2 Å². The van der Waals surface area contributed by atoms with Crippen LogP contribution in [0.4, 0.5) is 18.4 Å². The third-order valence-electron chi connectivity index (χ3n) is 16.7. The number of ether oxygens (including phenoxy) is 4. The van der Waals surface area contributed by atoms with E-state index < -0.39 is 132 Å². The fourth-order valence-corrected chi connectivity index (χ4v) is 11.1. The van der Waals surface area contributed by atoms with Gasteiger partial charge >= 0.3 is 24.0 Å². The van der Waals surface area contributed by atoms with Crippen LogP contribution in [0, 0.1) is 22.5 Å². The lowest BCUT2D eigenvalue weighted by Crippen LogP contribution is -2.58. The molecule has 91 heavy (non-hydrogen) atoms. The number of likely N-dealkylation sites (tertiary alicyclic amines) is 3. The Balaban J connectivity index is 0.963. The van der Waals surface area contributed by atoms with Crippen LogP contribution in [0.1, 0.15) is 79.4 Å². The van der Waals surface area contributed by atoms with E-state index in [4.69, 9.17) is 18.9 Å². The first-order valence-corrected chi connectivity index (χ1v) is 30.6. The first kappa shape index (κ1) is 69.6. The predicted molar refractivity (Wildman–Crippen MR) is 331 cm³/mol. The maximum Gasteiger partial charge on any atom is 0.410 e. The summed E-state index contributed by atoms with van der Waals surface area (Å²) >= 11 is 0. The molecule has 0 aromatic heterocycles. The van der Waals surface area contributed by atoms with Gasteiger partial charge in [0.2, 0.25) is 29.5 Å². The summed E-state index contributed by atoms with van der Waals surface area (Å²) < 4.78 is 51.0. The van der Waals surface area contributed by atoms with Crippen LogP contribution < -0.4 is 30.7 Å². The molecule has 3 heterocycles. The van der Waals surface area contributed by atoms with Crippen molar-refractivity contribution < 1.29 is 70.9 Å². The average Bonchev–Trinajstić information content (AvgIpc) is 1.66. The SMILES string of the molecule is CC(CNC(C(=O)N1CCC2C1C(Oc1ccc(F)cc1)CN2C(=O)CNC(=O)C(=O)NCC(=O)N(CCOc1ccc(F)cc1)C1CCN(C(=O)C(NC(=O)C(C)N(C)C(=O)OCc2ccccc2)C(C)(C)C)C1)C(C)(C)C)N(C)C(=O)OCc1ccccc1. The Labute approximate surface area is 530 Å². The van der Waals surface area contributed by atoms with Crippen LogP contribution in [0.3, 0.4) is 0 Å². The molecule has 0 spiro atoms. The molecule has 8 atom stereocenters. The van der Waals surface area contributed by atoms with Crippen molar-refractivity contribution in [1.29, 1.82) is 0 Å². The Morgan fingerprint density at radius 3 is 1.73 bits per heavy atom. The normalized spacial score (nSPS) is 18.4. The zero-order valence-electron chi connectivity index (χ0n) is 53.4. The van der Waals surface area contributed by atoms with Crippen molar-refractivity contribution in [2.45, 2.75) is 130 Å². The van der Waals surface area contributed by atoms with Crippen molar-refractivity contribution >= 4 is 53.5 Å². The number of hydrogen-bond acceptors (Lipinski definition) is 14. The van der Waals surface area contributed by atoms with Crippen molar-refractivity contribution in [2.75, 3.05) is 73.1 Å². The first-order chi connectivity index (χ1) is 43.1. The molecule has 4 N–H and O–H groups in total. The summed E-state index contributed by atoms with van der Waals surface area (Å²) in [4.78, 5) is 133. The van der Waals surface area contributed by atoms with E-state index in [1.807, 2.05) is 76.2 Å². The number of nitrogens with zero attached hydrogens (tertiary/aromatic N) is 6. The van der Waals surface area contributed by atoms with Crippen LogP contribution >= 0.6 is 0 Å². The molecule has 0 bridgehead atoms. The molecule has 23 nitrogen and oxygen atoms in total. The second-order valence-corrected chi connectivity index (χ2v) is 25.4. The number of halogens is 2. The third kappa shape index (κ3) is 18.9. The number of carbonyl (C=O) groups is 9. The molecular weight excluding hydrogens is 1180 g/mol. The Kier molecular flexibility index (Phi) is 23.9. The highest BCUT2D eigenvalue weighted by molar-refractivity contribution is 6.35. The van der Waals surface area contributed by atoms with Gasteiger partial charge in [-0.1, -0.05) is 102 Å². The van der Waals surface area contributed by atoms with Gasteiger partial charge in [-0.15, -0.1) is 0 Å². The van der Waals surface area contributed by atoms with E-state index in [9.17, 15) is 51.9 Å². The van der Waals surface area contributed by atoms with Crippen LogP contribution in [-0.4, -0.2) is 204 Å². The van der Waals surface area contributed by atoms with Gasteiger partial charge in [-0.05, 0) is 97.2 Å². The van der Waals surface area contributed by atoms with Gasteiger partial charge in [-0.25, -0.2) is 18.4 Å². The lowest BCUT2D eigenvalue weighted by molar-refractivity contribution is -0.142. The highest BCUT2D eigenvalue weighted by Gasteiger charge is 2.54. The fourth-order valence-electron chi connectivity index (χ4n) is 11.1. The lowest BCUT2D eigenvalue weighted by Gasteiger charge is -2.38. The van der Waals surface area contributed by atoms with E-state index in [1.54, 1.807) is 44.9 Å². The maximum absolute atomic E-state index is 14.9. The molecular formula is C66H86F2N10O13. The molecule has 8 unspecified atom stereocenters. The number of carbonyl (C=O) groups excluding carboxylic acids is 9. The molecule has 4 aromatic carbocycles. The van der Waals surface area contributed by atoms with Crippen LogP contribution in [0.2, 0.25) is 0 Å². The zero-order valence-corrected chi connectivity index (χ0v) is 53.4. The van der Waals surface area contributed by atoms with Gasteiger partial charge in [0.1, 0.15) is 61.1 Å². The van der Waals surface area contributed by atoms with Crippen LogP contribution in [0.15, 0.2) is 109 Å². The molecule has 7 rings (SSSR count). The Bertz CT molecular complexity index is 3170. The van der Waals surface area contributed by atoms with Crippen molar-refractivity contribution in [3.05, 3.63) is 132 Å². The molecule has 3 saturated heterocycles. The molecule has 0 saturated carbocycles. The van der Waals surface area contributed by atoms with E-state index >= 15 is 0 Å². The standard InChI is InChI=1S/C66H86F2N10O13/c1-42(73(9)63(86)89-40-44-17-13-11-14-18-44)35-69-56(65(3,4)5)62(85)77-32-30-51-55(77)52(91-50-27-23-47(68)24-28-50)39-78(51)54(80)37-71-60(83)59(82)70-36-53(79)76(33-34-88-49-25-21-46(67)22-26-49)48-29-31-75(38-48)61(84)57(66(6,7)8)72-58(81)43(2)74(10)64(87)90-41-45-19-15-12-16-20-45/h11-28,42-43,48,51-52,55-57,69H,29-41H2,1-10H3,(H,70,82)(H,71,83)(H,72,81). The Hall–Kier alpha value is -8.87. The Morgan fingerprint density at radius 2 is 1.16 bits per heavy atom. The fraction of sp³-hybridized carbons (Fsp3) is 0.500. The molecule has 25 heteroatoms. The molecule has 0 aliphatic carbocycles. The monoisotopic (exact) mass is 1260 g/mol. The van der Waals surface area contributed by atoms with Gasteiger partial charge in [-0.3, -0.25) is 38.5 Å². The number of rotatable bonds is 24. The minimum atomic E-state index is -1.22. The second kappa shape index (κ2) is 31.2. The highest BCUT2D eigenvalue weighted by Crippen LogP contribution is 2.37. The van der Waals surface area contributed by atoms with Gasteiger partial charge in [0.15, 0.2) is 0 Å². The van der Waals surface area contributed by atoms with E-state index in [0.29, 0.717) is 17.9 Å². The molecule has 0 radical (unpaired) electrons.